The highest BCUT2D eigenvalue weighted by molar-refractivity contribution is 6.00. The summed E-state index contributed by atoms with van der Waals surface area (Å²) in [5, 5.41) is 1.41. The van der Waals surface area contributed by atoms with E-state index >= 15 is 0 Å². The Labute approximate surface area is 143 Å². The molecule has 2 rings (SSSR count). The van der Waals surface area contributed by atoms with Gasteiger partial charge < -0.3 is 0 Å². The summed E-state index contributed by atoms with van der Waals surface area (Å²) >= 11 is 0. The van der Waals surface area contributed by atoms with Gasteiger partial charge in [-0.25, -0.2) is 5.01 Å². The van der Waals surface area contributed by atoms with Crippen molar-refractivity contribution >= 4 is 11.8 Å². The molecule has 2 aromatic rings. The number of benzene rings is 2. The molecular formula is C20H24N2O2. The monoisotopic (exact) mass is 324 g/mol. The predicted molar refractivity (Wildman–Crippen MR) is 95.7 cm³/mol. The van der Waals surface area contributed by atoms with Crippen LogP contribution in [0, 0.1) is 13.8 Å². The van der Waals surface area contributed by atoms with E-state index < -0.39 is 5.54 Å². The van der Waals surface area contributed by atoms with Crippen LogP contribution in [0.15, 0.2) is 48.5 Å². The molecule has 0 aliphatic carbocycles. The van der Waals surface area contributed by atoms with Gasteiger partial charge in [0.15, 0.2) is 0 Å². The highest BCUT2D eigenvalue weighted by Gasteiger charge is 2.30. The molecule has 0 aliphatic rings. The number of hydrogen-bond donors (Lipinski definition) is 1. The van der Waals surface area contributed by atoms with Gasteiger partial charge in [0.05, 0.1) is 5.54 Å². The van der Waals surface area contributed by atoms with E-state index in [-0.39, 0.29) is 11.8 Å². The highest BCUT2D eigenvalue weighted by atomic mass is 16.2. The largest absolute Gasteiger partial charge is 0.273 e. The second kappa shape index (κ2) is 6.87. The lowest BCUT2D eigenvalue weighted by molar-refractivity contribution is 0.0358. The summed E-state index contributed by atoms with van der Waals surface area (Å²) in [6, 6.07) is 14.5. The lowest BCUT2D eigenvalue weighted by Crippen LogP contribution is -2.56. The van der Waals surface area contributed by atoms with Gasteiger partial charge in [0.2, 0.25) is 0 Å². The Bertz CT molecular complexity index is 746. The van der Waals surface area contributed by atoms with E-state index in [1.54, 1.807) is 30.3 Å². The van der Waals surface area contributed by atoms with Gasteiger partial charge in [0.1, 0.15) is 0 Å². The van der Waals surface area contributed by atoms with Crippen molar-refractivity contribution in [3.63, 3.8) is 0 Å². The molecule has 126 valence electrons. The van der Waals surface area contributed by atoms with Crippen LogP contribution < -0.4 is 5.43 Å². The van der Waals surface area contributed by atoms with Crippen molar-refractivity contribution in [2.45, 2.75) is 40.2 Å². The first-order valence-electron chi connectivity index (χ1n) is 7.98. The van der Waals surface area contributed by atoms with E-state index in [1.807, 2.05) is 52.8 Å². The Morgan fingerprint density at radius 1 is 0.917 bits per heavy atom. The minimum Gasteiger partial charge on any atom is -0.267 e. The second-order valence-electron chi connectivity index (χ2n) is 6.87. The summed E-state index contributed by atoms with van der Waals surface area (Å²) in [6.45, 7) is 9.56. The lowest BCUT2D eigenvalue weighted by Gasteiger charge is -2.36. The molecule has 0 unspecified atom stereocenters. The minimum atomic E-state index is -0.558. The highest BCUT2D eigenvalue weighted by Crippen LogP contribution is 2.20. The van der Waals surface area contributed by atoms with Crippen molar-refractivity contribution < 1.29 is 9.59 Å². The van der Waals surface area contributed by atoms with E-state index in [0.29, 0.717) is 11.1 Å². The Kier molecular flexibility index (Phi) is 5.07. The summed E-state index contributed by atoms with van der Waals surface area (Å²) in [6.07, 6.45) is 0. The summed E-state index contributed by atoms with van der Waals surface area (Å²) in [5.74, 6) is -0.517. The smallest absolute Gasteiger partial charge is 0.267 e. The number of hydrazine groups is 1. The van der Waals surface area contributed by atoms with Crippen molar-refractivity contribution in [1.29, 1.82) is 0 Å². The van der Waals surface area contributed by atoms with Crippen LogP contribution in [-0.4, -0.2) is 22.4 Å². The van der Waals surface area contributed by atoms with E-state index in [9.17, 15) is 9.59 Å². The van der Waals surface area contributed by atoms with Gasteiger partial charge in [0.25, 0.3) is 11.8 Å². The Morgan fingerprint density at radius 2 is 1.54 bits per heavy atom. The Morgan fingerprint density at radius 3 is 2.12 bits per heavy atom. The van der Waals surface area contributed by atoms with E-state index in [4.69, 9.17) is 0 Å². The third kappa shape index (κ3) is 3.82. The fraction of sp³-hybridized carbons (Fsp3) is 0.300. The summed E-state index contributed by atoms with van der Waals surface area (Å²) in [7, 11) is 0. The molecule has 0 radical (unpaired) electrons. The molecule has 4 nitrogen and oxygen atoms in total. The zero-order valence-corrected chi connectivity index (χ0v) is 14.9. The number of hydrogen-bond acceptors (Lipinski definition) is 2. The first-order valence-corrected chi connectivity index (χ1v) is 7.98. The van der Waals surface area contributed by atoms with Gasteiger partial charge >= 0.3 is 0 Å². The van der Waals surface area contributed by atoms with Gasteiger partial charge in [-0.15, -0.1) is 0 Å². The molecule has 0 aromatic heterocycles. The average Bonchev–Trinajstić information content (AvgIpc) is 2.54. The quantitative estimate of drug-likeness (QED) is 0.852. The molecule has 0 saturated carbocycles. The van der Waals surface area contributed by atoms with Gasteiger partial charge in [-0.2, -0.15) is 0 Å². The first kappa shape index (κ1) is 17.7. The van der Waals surface area contributed by atoms with Gasteiger partial charge in [0, 0.05) is 11.1 Å². The minimum absolute atomic E-state index is 0.215. The molecule has 0 fully saturated rings. The van der Waals surface area contributed by atoms with Gasteiger partial charge in [-0.3, -0.25) is 15.0 Å². The molecule has 0 aliphatic heterocycles. The molecule has 0 atom stereocenters. The van der Waals surface area contributed by atoms with Crippen LogP contribution >= 0.6 is 0 Å². The summed E-state index contributed by atoms with van der Waals surface area (Å²) < 4.78 is 0. The Balaban J connectivity index is 2.34. The molecule has 4 heteroatoms. The number of nitrogens with zero attached hydrogens (tertiary/aromatic N) is 1. The van der Waals surface area contributed by atoms with Gasteiger partial charge in [-0.1, -0.05) is 30.3 Å². The number of aryl methyl sites for hydroxylation is 1. The number of nitrogens with one attached hydrogen (secondary N) is 1. The van der Waals surface area contributed by atoms with E-state index in [0.717, 1.165) is 11.1 Å². The fourth-order valence-electron chi connectivity index (χ4n) is 2.38. The van der Waals surface area contributed by atoms with Crippen molar-refractivity contribution in [3.05, 3.63) is 70.8 Å². The summed E-state index contributed by atoms with van der Waals surface area (Å²) in [4.78, 5) is 25.5. The van der Waals surface area contributed by atoms with E-state index in [1.165, 1.54) is 5.01 Å². The zero-order chi connectivity index (χ0) is 17.9. The lowest BCUT2D eigenvalue weighted by atomic mass is 10.0. The molecule has 0 spiro atoms. The fourth-order valence-corrected chi connectivity index (χ4v) is 2.38. The first-order chi connectivity index (χ1) is 11.2. The van der Waals surface area contributed by atoms with Crippen LogP contribution in [0.2, 0.25) is 0 Å². The maximum absolute atomic E-state index is 13.0. The number of rotatable bonds is 2. The SMILES string of the molecule is Cc1cccc(C(=O)N(NC(=O)c2ccccc2)C(C)(C)C)c1C. The molecule has 0 saturated heterocycles. The predicted octanol–water partition coefficient (Wildman–Crippen LogP) is 3.89. The molecule has 2 amide bonds. The number of carbonyl (C=O) groups excluding carboxylic acids is 2. The maximum atomic E-state index is 13.0. The maximum Gasteiger partial charge on any atom is 0.273 e. The molecule has 0 bridgehead atoms. The molecule has 1 N–H and O–H groups in total. The average molecular weight is 324 g/mol. The normalized spacial score (nSPS) is 11.0. The third-order valence-electron chi connectivity index (χ3n) is 3.96. The van der Waals surface area contributed by atoms with Crippen molar-refractivity contribution in [2.24, 2.45) is 0 Å². The van der Waals surface area contributed by atoms with Crippen molar-refractivity contribution in [2.75, 3.05) is 0 Å². The Hall–Kier alpha value is -2.62. The van der Waals surface area contributed by atoms with Crippen LogP contribution in [0.1, 0.15) is 52.6 Å². The topological polar surface area (TPSA) is 49.4 Å². The number of amides is 2. The van der Waals surface area contributed by atoms with Crippen molar-refractivity contribution in [3.8, 4) is 0 Å². The zero-order valence-electron chi connectivity index (χ0n) is 14.9. The summed E-state index contributed by atoms with van der Waals surface area (Å²) in [5.41, 5.74) is 5.28. The number of carbonyl (C=O) groups is 2. The van der Waals surface area contributed by atoms with Crippen LogP contribution in [0.3, 0.4) is 0 Å². The van der Waals surface area contributed by atoms with E-state index in [2.05, 4.69) is 5.43 Å². The van der Waals surface area contributed by atoms with Gasteiger partial charge in [-0.05, 0) is 63.9 Å². The van der Waals surface area contributed by atoms with Crippen LogP contribution in [0.4, 0.5) is 0 Å². The second-order valence-corrected chi connectivity index (χ2v) is 6.87. The van der Waals surface area contributed by atoms with Crippen LogP contribution in [-0.2, 0) is 0 Å². The van der Waals surface area contributed by atoms with Crippen LogP contribution in [0.5, 0.6) is 0 Å². The molecule has 0 heterocycles. The molecular weight excluding hydrogens is 300 g/mol. The molecule has 2 aromatic carbocycles. The van der Waals surface area contributed by atoms with Crippen LogP contribution in [0.25, 0.3) is 0 Å². The third-order valence-corrected chi connectivity index (χ3v) is 3.96. The van der Waals surface area contributed by atoms with Crippen molar-refractivity contribution in [1.82, 2.24) is 10.4 Å². The molecule has 24 heavy (non-hydrogen) atoms. The standard InChI is InChI=1S/C20H24N2O2/c1-14-10-9-13-17(15(14)2)19(24)22(20(3,4)5)21-18(23)16-11-7-6-8-12-16/h6-13H,1-5H3,(H,21,23).